The van der Waals surface area contributed by atoms with Gasteiger partial charge in [-0.05, 0) is 54.1 Å². The summed E-state index contributed by atoms with van der Waals surface area (Å²) in [6.45, 7) is 4.08. The van der Waals surface area contributed by atoms with Gasteiger partial charge in [0, 0.05) is 4.88 Å². The number of carbonyl (C=O) groups is 1. The Morgan fingerprint density at radius 1 is 1.04 bits per heavy atom. The van der Waals surface area contributed by atoms with E-state index < -0.39 is 0 Å². The van der Waals surface area contributed by atoms with Gasteiger partial charge in [0.25, 0.3) is 5.91 Å². The van der Waals surface area contributed by atoms with Gasteiger partial charge in [-0.25, -0.2) is 0 Å². The van der Waals surface area contributed by atoms with E-state index in [-0.39, 0.29) is 18.6 Å². The summed E-state index contributed by atoms with van der Waals surface area (Å²) in [7, 11) is 0. The second-order valence-corrected chi connectivity index (χ2v) is 6.94. The number of thiophene rings is 1. The fourth-order valence-corrected chi connectivity index (χ4v) is 3.38. The molecule has 1 heterocycles. The summed E-state index contributed by atoms with van der Waals surface area (Å²) in [6, 6.07) is 19.7. The molecular formula is C21H21NO2S. The standard InChI is InChI=1S/C21H21NO2S/c1-15-10-11-18(13-16(15)2)24-14-20(23)22-21(19-9-6-12-25-19)17-7-4-3-5-8-17/h3-13,21H,14H2,1-2H3,(H,22,23)/t21-/m1/s1. The molecule has 0 aliphatic carbocycles. The lowest BCUT2D eigenvalue weighted by Crippen LogP contribution is -2.32. The number of carbonyl (C=O) groups excluding carboxylic acids is 1. The van der Waals surface area contributed by atoms with E-state index in [1.54, 1.807) is 11.3 Å². The molecule has 0 aliphatic rings. The number of rotatable bonds is 6. The summed E-state index contributed by atoms with van der Waals surface area (Å²) >= 11 is 1.63. The first kappa shape index (κ1) is 17.2. The molecular weight excluding hydrogens is 330 g/mol. The van der Waals surface area contributed by atoms with Crippen molar-refractivity contribution in [3.63, 3.8) is 0 Å². The molecule has 0 fully saturated rings. The van der Waals surface area contributed by atoms with Crippen LogP contribution in [0.4, 0.5) is 0 Å². The largest absolute Gasteiger partial charge is 0.484 e. The highest BCUT2D eigenvalue weighted by atomic mass is 32.1. The van der Waals surface area contributed by atoms with Gasteiger partial charge in [-0.2, -0.15) is 0 Å². The molecule has 0 spiro atoms. The maximum atomic E-state index is 12.4. The maximum Gasteiger partial charge on any atom is 0.258 e. The van der Waals surface area contributed by atoms with Crippen LogP contribution in [0.15, 0.2) is 66.0 Å². The highest BCUT2D eigenvalue weighted by Crippen LogP contribution is 2.26. The minimum absolute atomic E-state index is 0.00277. The first-order valence-electron chi connectivity index (χ1n) is 8.21. The van der Waals surface area contributed by atoms with Gasteiger partial charge in [0.1, 0.15) is 5.75 Å². The number of benzene rings is 2. The fourth-order valence-electron chi connectivity index (χ4n) is 2.57. The molecule has 25 heavy (non-hydrogen) atoms. The van der Waals surface area contributed by atoms with Gasteiger partial charge in [-0.15, -0.1) is 11.3 Å². The number of hydrogen-bond donors (Lipinski definition) is 1. The van der Waals surface area contributed by atoms with Crippen molar-refractivity contribution < 1.29 is 9.53 Å². The van der Waals surface area contributed by atoms with Crippen LogP contribution in [0.25, 0.3) is 0 Å². The molecule has 1 atom stereocenters. The molecule has 1 aromatic heterocycles. The van der Waals surface area contributed by atoms with Crippen molar-refractivity contribution in [3.8, 4) is 5.75 Å². The lowest BCUT2D eigenvalue weighted by Gasteiger charge is -2.18. The third-order valence-corrected chi connectivity index (χ3v) is 5.05. The highest BCUT2D eigenvalue weighted by molar-refractivity contribution is 7.10. The summed E-state index contributed by atoms with van der Waals surface area (Å²) in [5.74, 6) is 0.575. The number of nitrogens with one attached hydrogen (secondary N) is 1. The van der Waals surface area contributed by atoms with Gasteiger partial charge in [-0.3, -0.25) is 4.79 Å². The average Bonchev–Trinajstić information content (AvgIpc) is 3.16. The molecule has 3 rings (SSSR count). The zero-order valence-electron chi connectivity index (χ0n) is 14.4. The molecule has 3 nitrogen and oxygen atoms in total. The number of hydrogen-bond acceptors (Lipinski definition) is 3. The van der Waals surface area contributed by atoms with Gasteiger partial charge < -0.3 is 10.1 Å². The van der Waals surface area contributed by atoms with E-state index in [0.29, 0.717) is 5.75 Å². The first-order valence-corrected chi connectivity index (χ1v) is 9.09. The smallest absolute Gasteiger partial charge is 0.258 e. The van der Waals surface area contributed by atoms with Crippen molar-refractivity contribution in [2.45, 2.75) is 19.9 Å². The topological polar surface area (TPSA) is 38.3 Å². The monoisotopic (exact) mass is 351 g/mol. The van der Waals surface area contributed by atoms with Crippen molar-refractivity contribution >= 4 is 17.2 Å². The van der Waals surface area contributed by atoms with E-state index in [1.807, 2.05) is 73.0 Å². The Morgan fingerprint density at radius 3 is 2.52 bits per heavy atom. The first-order chi connectivity index (χ1) is 12.1. The molecule has 1 amide bonds. The normalized spacial score (nSPS) is 11.8. The Hall–Kier alpha value is -2.59. The van der Waals surface area contributed by atoms with Crippen LogP contribution < -0.4 is 10.1 Å². The van der Waals surface area contributed by atoms with Crippen LogP contribution in [0.5, 0.6) is 5.75 Å². The fraction of sp³-hybridized carbons (Fsp3) is 0.190. The molecule has 0 radical (unpaired) electrons. The van der Waals surface area contributed by atoms with Crippen molar-refractivity contribution in [2.75, 3.05) is 6.61 Å². The van der Waals surface area contributed by atoms with Gasteiger partial charge in [-0.1, -0.05) is 42.5 Å². The molecule has 3 aromatic rings. The summed E-state index contributed by atoms with van der Waals surface area (Å²) in [6.07, 6.45) is 0. The molecule has 0 bridgehead atoms. The van der Waals surface area contributed by atoms with Crippen LogP contribution in [0.1, 0.15) is 27.6 Å². The van der Waals surface area contributed by atoms with Crippen LogP contribution in [0.2, 0.25) is 0 Å². The van der Waals surface area contributed by atoms with Crippen LogP contribution in [0.3, 0.4) is 0 Å². The predicted octanol–water partition coefficient (Wildman–Crippen LogP) is 4.65. The third-order valence-electron chi connectivity index (χ3n) is 4.11. The summed E-state index contributed by atoms with van der Waals surface area (Å²) in [4.78, 5) is 13.5. The Kier molecular flexibility index (Phi) is 5.51. The van der Waals surface area contributed by atoms with Gasteiger partial charge in [0.15, 0.2) is 6.61 Å². The number of aryl methyl sites for hydroxylation is 2. The molecule has 0 saturated heterocycles. The molecule has 4 heteroatoms. The van der Waals surface area contributed by atoms with E-state index in [4.69, 9.17) is 4.74 Å². The van der Waals surface area contributed by atoms with Gasteiger partial charge in [0.2, 0.25) is 0 Å². The van der Waals surface area contributed by atoms with E-state index in [9.17, 15) is 4.79 Å². The SMILES string of the molecule is Cc1ccc(OCC(=O)N[C@H](c2ccccc2)c2cccs2)cc1C. The van der Waals surface area contributed by atoms with E-state index in [2.05, 4.69) is 12.2 Å². The van der Waals surface area contributed by atoms with Crippen molar-refractivity contribution in [1.29, 1.82) is 0 Å². The zero-order valence-corrected chi connectivity index (χ0v) is 15.2. The van der Waals surface area contributed by atoms with Crippen molar-refractivity contribution in [3.05, 3.63) is 87.6 Å². The van der Waals surface area contributed by atoms with Gasteiger partial charge in [0.05, 0.1) is 6.04 Å². The van der Waals surface area contributed by atoms with E-state index in [1.165, 1.54) is 5.56 Å². The zero-order chi connectivity index (χ0) is 17.6. The predicted molar refractivity (Wildman–Crippen MR) is 102 cm³/mol. The lowest BCUT2D eigenvalue weighted by molar-refractivity contribution is -0.123. The molecule has 1 N–H and O–H groups in total. The van der Waals surface area contributed by atoms with Gasteiger partial charge >= 0.3 is 0 Å². The molecule has 0 saturated carbocycles. The highest BCUT2D eigenvalue weighted by Gasteiger charge is 2.18. The maximum absolute atomic E-state index is 12.4. The molecule has 0 aliphatic heterocycles. The number of amides is 1. The number of ether oxygens (including phenoxy) is 1. The van der Waals surface area contributed by atoms with Crippen LogP contribution in [-0.4, -0.2) is 12.5 Å². The molecule has 128 valence electrons. The van der Waals surface area contributed by atoms with Crippen LogP contribution in [0, 0.1) is 13.8 Å². The Bertz CT molecular complexity index is 828. The quantitative estimate of drug-likeness (QED) is 0.702. The summed E-state index contributed by atoms with van der Waals surface area (Å²) in [5, 5.41) is 5.10. The lowest BCUT2D eigenvalue weighted by atomic mass is 10.1. The molecule has 0 unspecified atom stereocenters. The third kappa shape index (κ3) is 4.48. The van der Waals surface area contributed by atoms with Crippen LogP contribution in [-0.2, 0) is 4.79 Å². The Morgan fingerprint density at radius 2 is 1.84 bits per heavy atom. The minimum atomic E-state index is -0.156. The van der Waals surface area contributed by atoms with E-state index in [0.717, 1.165) is 16.0 Å². The van der Waals surface area contributed by atoms with Crippen molar-refractivity contribution in [2.24, 2.45) is 0 Å². The van der Waals surface area contributed by atoms with E-state index >= 15 is 0 Å². The second kappa shape index (κ2) is 7.99. The minimum Gasteiger partial charge on any atom is -0.484 e. The Labute approximate surface area is 152 Å². The summed E-state index contributed by atoms with van der Waals surface area (Å²) in [5.41, 5.74) is 3.42. The Balaban J connectivity index is 1.67. The molecule has 2 aromatic carbocycles. The van der Waals surface area contributed by atoms with Crippen LogP contribution >= 0.6 is 11.3 Å². The average molecular weight is 351 g/mol. The summed E-state index contributed by atoms with van der Waals surface area (Å²) < 4.78 is 5.65. The second-order valence-electron chi connectivity index (χ2n) is 5.96. The van der Waals surface area contributed by atoms with Crippen molar-refractivity contribution in [1.82, 2.24) is 5.32 Å².